The molecule has 6 heavy (non-hydrogen) atoms. The van der Waals surface area contributed by atoms with Crippen molar-refractivity contribution in [3.8, 4) is 0 Å². The average Bonchev–Trinajstić information content (AvgIpc) is 1.61. The molecule has 0 aromatic carbocycles. The van der Waals surface area contributed by atoms with E-state index in [1.165, 1.54) is 0 Å². The predicted molar refractivity (Wildman–Crippen MR) is 17.2 cm³/mol. The van der Waals surface area contributed by atoms with E-state index in [0.29, 0.717) is 6.29 Å². The quantitative estimate of drug-likeness (QED) is 0.231. The van der Waals surface area contributed by atoms with Crippen LogP contribution in [0.15, 0.2) is 5.28 Å². The van der Waals surface area contributed by atoms with E-state index < -0.39 is 0 Å². The number of rotatable bonds is 3. The van der Waals surface area contributed by atoms with Crippen LogP contribution in [-0.2, 0) is 9.63 Å². The third-order valence-corrected chi connectivity index (χ3v) is 0.207. The monoisotopic (exact) mass is 88.0 g/mol. The van der Waals surface area contributed by atoms with Gasteiger partial charge in [-0.3, -0.25) is 4.79 Å². The second-order valence-electron chi connectivity index (χ2n) is 0.554. The highest BCUT2D eigenvalue weighted by molar-refractivity contribution is 5.50. The van der Waals surface area contributed by atoms with Crippen molar-refractivity contribution in [2.24, 2.45) is 5.28 Å². The van der Waals surface area contributed by atoms with Crippen LogP contribution in [0.3, 0.4) is 0 Å². The summed E-state index contributed by atoms with van der Waals surface area (Å²) in [5.41, 5.74) is 5.95. The molecule has 0 saturated carbocycles. The van der Waals surface area contributed by atoms with Crippen LogP contribution in [0.25, 0.3) is 0 Å². The number of nitrogens with zero attached hydrogens (tertiary/aromatic N) is 1. The molecule has 0 fully saturated rings. The van der Waals surface area contributed by atoms with Crippen molar-refractivity contribution < 1.29 is 9.63 Å². The number of nitrogens with one attached hydrogen (secondary N) is 1. The van der Waals surface area contributed by atoms with Crippen LogP contribution in [0.4, 0.5) is 0 Å². The topological polar surface area (TPSA) is 62.5 Å². The maximum absolute atomic E-state index is 9.30. The lowest BCUT2D eigenvalue weighted by Crippen LogP contribution is -1.83. The van der Waals surface area contributed by atoms with E-state index in [1.54, 1.807) is 0 Å². The zero-order chi connectivity index (χ0) is 4.83. The molecule has 0 aliphatic heterocycles. The number of aldehydes is 1. The minimum absolute atomic E-state index is 0.122. The van der Waals surface area contributed by atoms with Gasteiger partial charge in [-0.25, -0.2) is 0 Å². The van der Waals surface area contributed by atoms with Crippen molar-refractivity contribution >= 4 is 6.29 Å². The van der Waals surface area contributed by atoms with Gasteiger partial charge in [-0.05, 0) is 0 Å². The molecule has 0 aliphatic carbocycles. The summed E-state index contributed by atoms with van der Waals surface area (Å²) in [6.07, 6.45) is 0.526. The smallest absolute Gasteiger partial charge is 0.173 e. The number of carbonyl (C=O) groups is 1. The molecule has 34 valence electrons. The van der Waals surface area contributed by atoms with Crippen molar-refractivity contribution in [2.75, 3.05) is 6.61 Å². The van der Waals surface area contributed by atoms with Crippen molar-refractivity contribution in [3.63, 3.8) is 0 Å². The van der Waals surface area contributed by atoms with Gasteiger partial charge in [0.05, 0.1) is 0 Å². The second-order valence-corrected chi connectivity index (χ2v) is 0.554. The SMILES string of the molecule is N=NOCC=O. The fourth-order valence-electron chi connectivity index (χ4n) is 0.0677. The Balaban J connectivity index is 2.66. The highest BCUT2D eigenvalue weighted by Gasteiger charge is 1.69. The molecule has 0 spiro atoms. The summed E-state index contributed by atoms with van der Waals surface area (Å²) in [6, 6.07) is 0. The normalized spacial score (nSPS) is 6.67. The molecule has 0 bridgehead atoms. The Bertz CT molecular complexity index is 45.5. The maximum Gasteiger partial charge on any atom is 0.173 e. The first-order valence-electron chi connectivity index (χ1n) is 1.34. The molecule has 0 rings (SSSR count). The van der Waals surface area contributed by atoms with Crippen LogP contribution in [0.2, 0.25) is 0 Å². The highest BCUT2D eigenvalue weighted by atomic mass is 16.6. The Morgan fingerprint density at radius 3 is 2.83 bits per heavy atom. The number of hydrogen-bond donors (Lipinski definition) is 1. The Morgan fingerprint density at radius 1 is 2.00 bits per heavy atom. The fourth-order valence-corrected chi connectivity index (χ4v) is 0.0677. The van der Waals surface area contributed by atoms with Gasteiger partial charge in [0.2, 0.25) is 0 Å². The van der Waals surface area contributed by atoms with Gasteiger partial charge >= 0.3 is 0 Å². The van der Waals surface area contributed by atoms with Crippen molar-refractivity contribution in [1.82, 2.24) is 0 Å². The maximum atomic E-state index is 9.30. The lowest BCUT2D eigenvalue weighted by Gasteiger charge is -1.79. The highest BCUT2D eigenvalue weighted by Crippen LogP contribution is 1.64. The van der Waals surface area contributed by atoms with Crippen LogP contribution < -0.4 is 0 Å². The van der Waals surface area contributed by atoms with Crippen molar-refractivity contribution in [3.05, 3.63) is 0 Å². The van der Waals surface area contributed by atoms with Crippen LogP contribution in [0.5, 0.6) is 0 Å². The number of carbonyl (C=O) groups excluding carboxylic acids is 1. The first-order valence-corrected chi connectivity index (χ1v) is 1.34. The predicted octanol–water partition coefficient (Wildman–Crippen LogP) is 0.148. The van der Waals surface area contributed by atoms with Gasteiger partial charge in [0.1, 0.15) is 0 Å². The molecule has 1 N–H and O–H groups in total. The summed E-state index contributed by atoms with van der Waals surface area (Å²) < 4.78 is 0. The van der Waals surface area contributed by atoms with E-state index >= 15 is 0 Å². The van der Waals surface area contributed by atoms with E-state index in [-0.39, 0.29) is 6.61 Å². The Labute approximate surface area is 34.6 Å². The molecule has 0 radical (unpaired) electrons. The van der Waals surface area contributed by atoms with E-state index in [0.717, 1.165) is 0 Å². The van der Waals surface area contributed by atoms with Gasteiger partial charge in [0.15, 0.2) is 12.9 Å². The zero-order valence-electron chi connectivity index (χ0n) is 3.05. The largest absolute Gasteiger partial charge is 0.372 e. The van der Waals surface area contributed by atoms with Gasteiger partial charge < -0.3 is 4.84 Å². The molecular formula is C2H4N2O2. The minimum atomic E-state index is -0.122. The molecule has 0 atom stereocenters. The van der Waals surface area contributed by atoms with E-state index in [4.69, 9.17) is 5.53 Å². The van der Waals surface area contributed by atoms with Crippen LogP contribution in [0, 0.1) is 5.53 Å². The summed E-state index contributed by atoms with van der Waals surface area (Å²) in [5, 5.41) is 2.44. The van der Waals surface area contributed by atoms with Crippen LogP contribution in [-0.4, -0.2) is 12.9 Å². The molecule has 4 heteroatoms. The molecule has 0 aromatic heterocycles. The average molecular weight is 88.1 g/mol. The van der Waals surface area contributed by atoms with Gasteiger partial charge in [-0.15, -0.1) is 0 Å². The standard InChI is InChI=1S/C2H4N2O2/c3-4-6-2-1-5/h1,3H,2H2. The first-order chi connectivity index (χ1) is 2.91. The molecule has 0 aliphatic rings. The van der Waals surface area contributed by atoms with Gasteiger partial charge in [0, 0.05) is 5.28 Å². The van der Waals surface area contributed by atoms with Gasteiger partial charge in [0.25, 0.3) is 0 Å². The lowest BCUT2D eigenvalue weighted by atomic mass is 10.9. The molecule has 0 saturated heterocycles. The molecule has 0 unspecified atom stereocenters. The fraction of sp³-hybridized carbons (Fsp3) is 0.500. The summed E-state index contributed by atoms with van der Waals surface area (Å²) in [7, 11) is 0. The van der Waals surface area contributed by atoms with E-state index in [1.807, 2.05) is 0 Å². The van der Waals surface area contributed by atoms with Crippen molar-refractivity contribution in [2.45, 2.75) is 0 Å². The summed E-state index contributed by atoms with van der Waals surface area (Å²) in [6.45, 7) is -0.122. The van der Waals surface area contributed by atoms with E-state index in [9.17, 15) is 4.79 Å². The molecule has 0 heterocycles. The Hall–Kier alpha value is -0.930. The summed E-state index contributed by atoms with van der Waals surface area (Å²) >= 11 is 0. The number of hydrogen-bond acceptors (Lipinski definition) is 4. The summed E-state index contributed by atoms with van der Waals surface area (Å²) in [5.74, 6) is 0. The lowest BCUT2D eigenvalue weighted by molar-refractivity contribution is -0.112. The van der Waals surface area contributed by atoms with E-state index in [2.05, 4.69) is 10.1 Å². The third-order valence-electron chi connectivity index (χ3n) is 0.207. The third kappa shape index (κ3) is 3.07. The second kappa shape index (κ2) is 4.07. The molecule has 4 nitrogen and oxygen atoms in total. The Morgan fingerprint density at radius 2 is 2.67 bits per heavy atom. The molecule has 0 amide bonds. The Kier molecular flexibility index (Phi) is 3.44. The molecule has 0 aromatic rings. The van der Waals surface area contributed by atoms with Gasteiger partial charge in [-0.2, -0.15) is 5.53 Å². The van der Waals surface area contributed by atoms with Gasteiger partial charge in [-0.1, -0.05) is 0 Å². The zero-order valence-corrected chi connectivity index (χ0v) is 3.05. The summed E-state index contributed by atoms with van der Waals surface area (Å²) in [4.78, 5) is 13.2. The van der Waals surface area contributed by atoms with Crippen molar-refractivity contribution in [1.29, 1.82) is 5.53 Å². The first kappa shape index (κ1) is 5.07. The minimum Gasteiger partial charge on any atom is -0.372 e. The molecular weight excluding hydrogens is 84.0 g/mol. The van der Waals surface area contributed by atoms with Crippen LogP contribution in [0.1, 0.15) is 0 Å². The van der Waals surface area contributed by atoms with Crippen LogP contribution >= 0.6 is 0 Å².